The van der Waals surface area contributed by atoms with Gasteiger partial charge in [0.1, 0.15) is 11.5 Å². The third kappa shape index (κ3) is 3.24. The molecule has 1 heterocycles. The summed E-state index contributed by atoms with van der Waals surface area (Å²) in [4.78, 5) is 0. The number of aromatic nitrogens is 1. The smallest absolute Gasteiger partial charge is 0.137 e. The van der Waals surface area contributed by atoms with Crippen molar-refractivity contribution in [3.63, 3.8) is 0 Å². The van der Waals surface area contributed by atoms with Crippen molar-refractivity contribution in [2.75, 3.05) is 0 Å². The summed E-state index contributed by atoms with van der Waals surface area (Å²) in [5.74, 6) is 0.881. The average Bonchev–Trinajstić information content (AvgIpc) is 3.04. The lowest BCUT2D eigenvalue weighted by Crippen LogP contribution is -1.92. The lowest BCUT2D eigenvalue weighted by molar-refractivity contribution is 0.398. The Morgan fingerprint density at radius 1 is 0.680 bits per heavy atom. The summed E-state index contributed by atoms with van der Waals surface area (Å²) in [6.07, 6.45) is 0.825. The number of hydrogen-bond donors (Lipinski definition) is 0. The Bertz CT molecular complexity index is 954. The van der Waals surface area contributed by atoms with E-state index < -0.39 is 0 Å². The summed E-state index contributed by atoms with van der Waals surface area (Å²) >= 11 is 0. The van der Waals surface area contributed by atoms with E-state index in [1.54, 1.807) is 0 Å². The zero-order valence-electron chi connectivity index (χ0n) is 14.1. The minimum Gasteiger partial charge on any atom is -0.361 e. The van der Waals surface area contributed by atoms with Crippen LogP contribution in [0.1, 0.15) is 16.9 Å². The van der Waals surface area contributed by atoms with Gasteiger partial charge in [-0.25, -0.2) is 0 Å². The molecule has 4 rings (SSSR count). The van der Waals surface area contributed by atoms with Crippen LogP contribution >= 0.6 is 0 Å². The first-order valence-corrected chi connectivity index (χ1v) is 8.46. The van der Waals surface area contributed by atoms with Crippen molar-refractivity contribution in [3.05, 3.63) is 102 Å². The molecule has 2 heteroatoms. The molecule has 0 saturated heterocycles. The third-order valence-corrected chi connectivity index (χ3v) is 4.47. The van der Waals surface area contributed by atoms with Crippen LogP contribution in [0.15, 0.2) is 89.5 Å². The first kappa shape index (κ1) is 15.4. The monoisotopic (exact) mass is 325 g/mol. The van der Waals surface area contributed by atoms with E-state index in [0.717, 1.165) is 29.0 Å². The topological polar surface area (TPSA) is 26.0 Å². The van der Waals surface area contributed by atoms with Gasteiger partial charge in [0.25, 0.3) is 0 Å². The summed E-state index contributed by atoms with van der Waals surface area (Å²) < 4.78 is 5.49. The molecule has 0 aliphatic rings. The molecule has 0 aliphatic heterocycles. The van der Waals surface area contributed by atoms with Gasteiger partial charge < -0.3 is 4.52 Å². The minimum absolute atomic E-state index is 0.825. The van der Waals surface area contributed by atoms with Crippen molar-refractivity contribution in [1.29, 1.82) is 0 Å². The van der Waals surface area contributed by atoms with Gasteiger partial charge in [-0.15, -0.1) is 0 Å². The minimum atomic E-state index is 0.825. The largest absolute Gasteiger partial charge is 0.361 e. The number of rotatable bonds is 4. The molecule has 0 N–H and O–H groups in total. The highest BCUT2D eigenvalue weighted by Crippen LogP contribution is 2.29. The molecule has 0 saturated carbocycles. The lowest BCUT2D eigenvalue weighted by Gasteiger charge is -2.05. The molecule has 0 aliphatic carbocycles. The van der Waals surface area contributed by atoms with Gasteiger partial charge in [0, 0.05) is 17.5 Å². The van der Waals surface area contributed by atoms with Gasteiger partial charge in [-0.1, -0.05) is 90.1 Å². The molecule has 4 aromatic rings. The Balaban J connectivity index is 1.66. The second-order valence-electron chi connectivity index (χ2n) is 6.17. The van der Waals surface area contributed by atoms with Crippen LogP contribution < -0.4 is 0 Å². The second kappa shape index (κ2) is 6.78. The molecule has 0 atom stereocenters. The molecular weight excluding hydrogens is 306 g/mol. The van der Waals surface area contributed by atoms with Gasteiger partial charge in [0.15, 0.2) is 0 Å². The highest BCUT2D eigenvalue weighted by Gasteiger charge is 2.15. The van der Waals surface area contributed by atoms with E-state index >= 15 is 0 Å². The van der Waals surface area contributed by atoms with Gasteiger partial charge in [-0.05, 0) is 23.6 Å². The molecule has 3 aromatic carbocycles. The Morgan fingerprint density at radius 3 is 1.92 bits per heavy atom. The van der Waals surface area contributed by atoms with Crippen molar-refractivity contribution in [2.45, 2.75) is 13.3 Å². The van der Waals surface area contributed by atoms with E-state index in [0.29, 0.717) is 0 Å². The number of benzene rings is 3. The predicted molar refractivity (Wildman–Crippen MR) is 101 cm³/mol. The molecule has 25 heavy (non-hydrogen) atoms. The van der Waals surface area contributed by atoms with Crippen molar-refractivity contribution >= 4 is 0 Å². The molecule has 122 valence electrons. The fourth-order valence-corrected chi connectivity index (χ4v) is 3.08. The molecule has 1 aromatic heterocycles. The highest BCUT2D eigenvalue weighted by molar-refractivity contribution is 5.70. The van der Waals surface area contributed by atoms with E-state index in [-0.39, 0.29) is 0 Å². The Morgan fingerprint density at radius 2 is 1.24 bits per heavy atom. The Kier molecular flexibility index (Phi) is 4.17. The quantitative estimate of drug-likeness (QED) is 0.466. The van der Waals surface area contributed by atoms with Crippen LogP contribution in [-0.2, 0) is 6.42 Å². The summed E-state index contributed by atoms with van der Waals surface area (Å²) in [6, 6.07) is 29.3. The maximum absolute atomic E-state index is 5.49. The van der Waals surface area contributed by atoms with Crippen LogP contribution in [0.25, 0.3) is 22.4 Å². The van der Waals surface area contributed by atoms with Crippen LogP contribution in [0, 0.1) is 6.92 Å². The van der Waals surface area contributed by atoms with Gasteiger partial charge in [-0.2, -0.15) is 0 Å². The Labute approximate surface area is 147 Å². The molecule has 0 bridgehead atoms. The summed E-state index contributed by atoms with van der Waals surface area (Å²) in [5, 5.41) is 4.31. The first-order chi connectivity index (χ1) is 12.3. The van der Waals surface area contributed by atoms with Crippen molar-refractivity contribution in [2.24, 2.45) is 0 Å². The van der Waals surface area contributed by atoms with E-state index in [4.69, 9.17) is 4.52 Å². The van der Waals surface area contributed by atoms with E-state index in [1.807, 2.05) is 19.1 Å². The molecule has 0 spiro atoms. The fraction of sp³-hybridized carbons (Fsp3) is 0.0870. The maximum Gasteiger partial charge on any atom is 0.137 e. The molecule has 0 amide bonds. The van der Waals surface area contributed by atoms with Crippen LogP contribution in [0.3, 0.4) is 0 Å². The van der Waals surface area contributed by atoms with Gasteiger partial charge in [0.05, 0.1) is 0 Å². The number of hydrogen-bond acceptors (Lipinski definition) is 2. The van der Waals surface area contributed by atoms with E-state index in [9.17, 15) is 0 Å². The zero-order chi connectivity index (χ0) is 17.1. The summed E-state index contributed by atoms with van der Waals surface area (Å²) in [6.45, 7) is 1.98. The lowest BCUT2D eigenvalue weighted by atomic mass is 9.98. The third-order valence-electron chi connectivity index (χ3n) is 4.47. The fourth-order valence-electron chi connectivity index (χ4n) is 3.08. The zero-order valence-corrected chi connectivity index (χ0v) is 14.1. The SMILES string of the molecule is Cc1onc(-c2ccc(-c3ccccc3)cc2)c1Cc1ccccc1. The van der Waals surface area contributed by atoms with Crippen LogP contribution in [0.4, 0.5) is 0 Å². The molecule has 0 unspecified atom stereocenters. The molecular formula is C23H19NO. The van der Waals surface area contributed by atoms with Crippen molar-refractivity contribution in [3.8, 4) is 22.4 Å². The molecule has 2 nitrogen and oxygen atoms in total. The predicted octanol–water partition coefficient (Wildman–Crippen LogP) is 5.91. The van der Waals surface area contributed by atoms with Crippen LogP contribution in [-0.4, -0.2) is 5.16 Å². The molecule has 0 fully saturated rings. The highest BCUT2D eigenvalue weighted by atomic mass is 16.5. The first-order valence-electron chi connectivity index (χ1n) is 8.46. The van der Waals surface area contributed by atoms with Gasteiger partial charge in [-0.3, -0.25) is 0 Å². The van der Waals surface area contributed by atoms with Crippen LogP contribution in [0.2, 0.25) is 0 Å². The number of aryl methyl sites for hydroxylation is 1. The van der Waals surface area contributed by atoms with Gasteiger partial charge in [0.2, 0.25) is 0 Å². The second-order valence-corrected chi connectivity index (χ2v) is 6.17. The van der Waals surface area contributed by atoms with Crippen LogP contribution in [0.5, 0.6) is 0 Å². The van der Waals surface area contributed by atoms with E-state index in [1.165, 1.54) is 16.7 Å². The van der Waals surface area contributed by atoms with Crippen molar-refractivity contribution in [1.82, 2.24) is 5.16 Å². The Hall–Kier alpha value is -3.13. The van der Waals surface area contributed by atoms with Crippen molar-refractivity contribution < 1.29 is 4.52 Å². The molecule has 0 radical (unpaired) electrons. The summed E-state index contributed by atoms with van der Waals surface area (Å²) in [5.41, 5.74) is 6.85. The normalized spacial score (nSPS) is 10.8. The summed E-state index contributed by atoms with van der Waals surface area (Å²) in [7, 11) is 0. The number of nitrogens with zero attached hydrogens (tertiary/aromatic N) is 1. The van der Waals surface area contributed by atoms with Gasteiger partial charge >= 0.3 is 0 Å². The van der Waals surface area contributed by atoms with E-state index in [2.05, 4.69) is 78.0 Å². The standard InChI is InChI=1S/C23H19NO/c1-17-22(16-18-8-4-2-5-9-18)23(24-25-17)21-14-12-20(13-15-21)19-10-6-3-7-11-19/h2-15H,16H2,1H3. The average molecular weight is 325 g/mol. The maximum atomic E-state index is 5.49.